The summed E-state index contributed by atoms with van der Waals surface area (Å²) in [6.07, 6.45) is 0.811. The molecule has 216 valence electrons. The number of hydrogen-bond acceptors (Lipinski definition) is 5. The van der Waals surface area contributed by atoms with E-state index in [0.717, 1.165) is 6.42 Å². The lowest BCUT2D eigenvalue weighted by Crippen LogP contribution is -2.55. The molecule has 2 atom stereocenters. The lowest BCUT2D eigenvalue weighted by atomic mass is 9.70. The number of nitrogens with one attached hydrogen (secondary N) is 3. The number of amides is 4. The van der Waals surface area contributed by atoms with Crippen molar-refractivity contribution >= 4 is 41.1 Å². The first-order chi connectivity index (χ1) is 18.9. The summed E-state index contributed by atoms with van der Waals surface area (Å²) in [5, 5.41) is 8.60. The molecule has 0 aromatic heterocycles. The molecule has 1 heterocycles. The maximum atomic E-state index is 13.7. The molecule has 1 aliphatic heterocycles. The number of carbonyl (C=O) groups excluding carboxylic acids is 4. The monoisotopic (exact) mass is 570 g/mol. The highest BCUT2D eigenvalue weighted by atomic mass is 35.5. The van der Waals surface area contributed by atoms with Crippen molar-refractivity contribution in [2.45, 2.75) is 53.0 Å². The molecule has 3 N–H and O–H groups in total. The summed E-state index contributed by atoms with van der Waals surface area (Å²) in [7, 11) is 0. The molecule has 1 saturated heterocycles. The third-order valence-electron chi connectivity index (χ3n) is 7.11. The summed E-state index contributed by atoms with van der Waals surface area (Å²) in [5.41, 5.74) is 1.70. The van der Waals surface area contributed by atoms with E-state index in [-0.39, 0.29) is 36.3 Å². The molecule has 2 aromatic carbocycles. The zero-order valence-corrected chi connectivity index (χ0v) is 24.5. The number of urea groups is 1. The molecular formula is C30H39ClN4O5. The van der Waals surface area contributed by atoms with Crippen LogP contribution in [0.3, 0.4) is 0 Å². The van der Waals surface area contributed by atoms with Crippen LogP contribution >= 0.6 is 11.6 Å². The van der Waals surface area contributed by atoms with Gasteiger partial charge in [0.05, 0.1) is 6.61 Å². The summed E-state index contributed by atoms with van der Waals surface area (Å²) < 4.78 is 4.78. The molecule has 9 nitrogen and oxygen atoms in total. The van der Waals surface area contributed by atoms with E-state index in [4.69, 9.17) is 16.3 Å². The van der Waals surface area contributed by atoms with Crippen LogP contribution in [0.4, 0.5) is 10.5 Å². The molecule has 4 amide bonds. The van der Waals surface area contributed by atoms with Crippen LogP contribution in [0.25, 0.3) is 0 Å². The van der Waals surface area contributed by atoms with E-state index in [2.05, 4.69) is 41.9 Å². The Hall–Kier alpha value is -3.59. The van der Waals surface area contributed by atoms with E-state index < -0.39 is 23.9 Å². The van der Waals surface area contributed by atoms with E-state index >= 15 is 0 Å². The van der Waals surface area contributed by atoms with Crippen molar-refractivity contribution in [2.75, 3.05) is 31.6 Å². The average Bonchev–Trinajstić information content (AvgIpc) is 2.90. The van der Waals surface area contributed by atoms with Crippen LogP contribution in [-0.4, -0.2) is 61.0 Å². The lowest BCUT2D eigenvalue weighted by molar-refractivity contribution is -0.141. The number of hydrogen-bond donors (Lipinski definition) is 3. The van der Waals surface area contributed by atoms with Gasteiger partial charge in [0.15, 0.2) is 0 Å². The first-order valence-corrected chi connectivity index (χ1v) is 13.9. The number of anilines is 1. The molecular weight excluding hydrogens is 532 g/mol. The van der Waals surface area contributed by atoms with E-state index in [1.165, 1.54) is 11.6 Å². The Morgan fingerprint density at radius 1 is 1.10 bits per heavy atom. The summed E-state index contributed by atoms with van der Waals surface area (Å²) in [6, 6.07) is 13.0. The van der Waals surface area contributed by atoms with Gasteiger partial charge in [-0.25, -0.2) is 4.79 Å². The smallest absolute Gasteiger partial charge is 0.325 e. The number of nitrogens with zero attached hydrogens (tertiary/aromatic N) is 1. The SMILES string of the molecule is CCOC(=O)CNC(=O)Nc1cccc(C(=O)NC(C(=O)N2CCC(c3ccc(Cl)cc3)C(C)(C)C2)C(C)C)c1. The molecule has 1 aliphatic rings. The van der Waals surface area contributed by atoms with Gasteiger partial charge in [0.25, 0.3) is 5.91 Å². The molecule has 0 bridgehead atoms. The third kappa shape index (κ3) is 8.21. The fraction of sp³-hybridized carbons (Fsp3) is 0.467. The predicted octanol–water partition coefficient (Wildman–Crippen LogP) is 4.82. The Morgan fingerprint density at radius 2 is 1.80 bits per heavy atom. The summed E-state index contributed by atoms with van der Waals surface area (Å²) >= 11 is 6.08. The largest absolute Gasteiger partial charge is 0.465 e. The van der Waals surface area contributed by atoms with E-state index in [1.807, 2.05) is 30.9 Å². The number of benzene rings is 2. The van der Waals surface area contributed by atoms with E-state index in [1.54, 1.807) is 25.1 Å². The molecule has 0 radical (unpaired) electrons. The van der Waals surface area contributed by atoms with Gasteiger partial charge in [0.2, 0.25) is 5.91 Å². The molecule has 0 spiro atoms. The topological polar surface area (TPSA) is 117 Å². The Bertz CT molecular complexity index is 1210. The molecule has 2 unspecified atom stereocenters. The van der Waals surface area contributed by atoms with Crippen LogP contribution < -0.4 is 16.0 Å². The fourth-order valence-corrected chi connectivity index (χ4v) is 5.20. The Labute approximate surface area is 241 Å². The molecule has 10 heteroatoms. The molecule has 3 rings (SSSR count). The van der Waals surface area contributed by atoms with E-state index in [0.29, 0.717) is 29.4 Å². The van der Waals surface area contributed by atoms with Gasteiger partial charge in [-0.1, -0.05) is 57.5 Å². The summed E-state index contributed by atoms with van der Waals surface area (Å²) in [5.74, 6) is -0.932. The summed E-state index contributed by atoms with van der Waals surface area (Å²) in [6.45, 7) is 10.9. The van der Waals surface area contributed by atoms with Crippen molar-refractivity contribution in [1.29, 1.82) is 0 Å². The number of rotatable bonds is 9. The van der Waals surface area contributed by atoms with Crippen molar-refractivity contribution < 1.29 is 23.9 Å². The number of carbonyl (C=O) groups is 4. The normalized spacial score (nSPS) is 17.1. The van der Waals surface area contributed by atoms with Gasteiger partial charge in [-0.15, -0.1) is 0 Å². The van der Waals surface area contributed by atoms with Gasteiger partial charge < -0.3 is 25.6 Å². The maximum absolute atomic E-state index is 13.7. The molecule has 2 aromatic rings. The molecule has 40 heavy (non-hydrogen) atoms. The minimum Gasteiger partial charge on any atom is -0.465 e. The third-order valence-corrected chi connectivity index (χ3v) is 7.37. The minimum atomic E-state index is -0.708. The second kappa shape index (κ2) is 13.7. The quantitative estimate of drug-likeness (QED) is 0.374. The highest BCUT2D eigenvalue weighted by molar-refractivity contribution is 6.30. The average molecular weight is 571 g/mol. The van der Waals surface area contributed by atoms with Crippen molar-refractivity contribution in [1.82, 2.24) is 15.5 Å². The van der Waals surface area contributed by atoms with Gasteiger partial charge in [0, 0.05) is 29.4 Å². The number of halogens is 1. The van der Waals surface area contributed by atoms with Gasteiger partial charge >= 0.3 is 12.0 Å². The first-order valence-electron chi connectivity index (χ1n) is 13.6. The first kappa shape index (κ1) is 30.9. The molecule has 0 saturated carbocycles. The second-order valence-electron chi connectivity index (χ2n) is 11.0. The Morgan fingerprint density at radius 3 is 2.42 bits per heavy atom. The zero-order chi connectivity index (χ0) is 29.4. The van der Waals surface area contributed by atoms with Gasteiger partial charge in [-0.2, -0.15) is 0 Å². The number of piperidine rings is 1. The predicted molar refractivity (Wildman–Crippen MR) is 155 cm³/mol. The van der Waals surface area contributed by atoms with Crippen LogP contribution in [0.2, 0.25) is 5.02 Å². The van der Waals surface area contributed by atoms with Crippen molar-refractivity contribution in [3.63, 3.8) is 0 Å². The van der Waals surface area contributed by atoms with Gasteiger partial charge in [-0.05, 0) is 66.5 Å². The minimum absolute atomic E-state index is 0.112. The Kier molecular flexibility index (Phi) is 10.6. The van der Waals surface area contributed by atoms with Crippen LogP contribution in [0, 0.1) is 11.3 Å². The van der Waals surface area contributed by atoms with Crippen LogP contribution in [0.1, 0.15) is 62.9 Å². The number of ether oxygens (including phenoxy) is 1. The zero-order valence-electron chi connectivity index (χ0n) is 23.8. The number of esters is 1. The Balaban J connectivity index is 1.64. The fourth-order valence-electron chi connectivity index (χ4n) is 5.07. The lowest BCUT2D eigenvalue weighted by Gasteiger charge is -2.45. The molecule has 0 aliphatic carbocycles. The van der Waals surface area contributed by atoms with E-state index in [9.17, 15) is 19.2 Å². The van der Waals surface area contributed by atoms with Crippen molar-refractivity contribution in [3.05, 3.63) is 64.7 Å². The standard InChI is InChI=1S/C30H39ClN4O5/c1-6-40-25(36)17-32-29(39)33-23-9-7-8-21(16-23)27(37)34-26(19(2)3)28(38)35-15-14-24(30(4,5)18-35)20-10-12-22(31)13-11-20/h7-13,16,19,24,26H,6,14-15,17-18H2,1-5H3,(H,34,37)(H2,32,33,39). The van der Waals surface area contributed by atoms with Crippen molar-refractivity contribution in [2.24, 2.45) is 11.3 Å². The van der Waals surface area contributed by atoms with Gasteiger partial charge in [0.1, 0.15) is 12.6 Å². The number of likely N-dealkylation sites (tertiary alicyclic amines) is 1. The molecule has 1 fully saturated rings. The van der Waals surface area contributed by atoms with Gasteiger partial charge in [-0.3, -0.25) is 14.4 Å². The second-order valence-corrected chi connectivity index (χ2v) is 11.5. The highest BCUT2D eigenvalue weighted by Crippen LogP contribution is 2.42. The maximum Gasteiger partial charge on any atom is 0.325 e. The van der Waals surface area contributed by atoms with Crippen LogP contribution in [0.15, 0.2) is 48.5 Å². The van der Waals surface area contributed by atoms with Crippen molar-refractivity contribution in [3.8, 4) is 0 Å². The summed E-state index contributed by atoms with van der Waals surface area (Å²) in [4.78, 5) is 52.3. The van der Waals surface area contributed by atoms with Crippen LogP contribution in [-0.2, 0) is 14.3 Å². The van der Waals surface area contributed by atoms with Crippen LogP contribution in [0.5, 0.6) is 0 Å². The highest BCUT2D eigenvalue weighted by Gasteiger charge is 2.40.